The Morgan fingerprint density at radius 3 is 2.33 bits per heavy atom. The number of hydrogen-bond donors (Lipinski definition) is 1. The van der Waals surface area contributed by atoms with Crippen molar-refractivity contribution in [2.45, 2.75) is 6.04 Å². The molecule has 0 saturated heterocycles. The first-order valence-corrected chi connectivity index (χ1v) is 6.69. The van der Waals surface area contributed by atoms with Crippen LogP contribution in [0.2, 0.25) is 10.0 Å². The molecule has 2 aromatic rings. The number of nitrogens with two attached hydrogens (primary N) is 1. The second kappa shape index (κ2) is 5.57. The highest BCUT2D eigenvalue weighted by Crippen LogP contribution is 2.29. The lowest BCUT2D eigenvalue weighted by Crippen LogP contribution is -2.12. The summed E-state index contributed by atoms with van der Waals surface area (Å²) in [6, 6.07) is 9.24. The third-order valence-corrected chi connectivity index (χ3v) is 3.74. The van der Waals surface area contributed by atoms with Gasteiger partial charge in [-0.15, -0.1) is 0 Å². The van der Waals surface area contributed by atoms with E-state index in [-0.39, 0.29) is 5.82 Å². The maximum Gasteiger partial charge on any atom is 0.124 e. The minimum atomic E-state index is -0.452. The SMILES string of the molecule is NC(c1cc(F)cc(Br)c1)c1ccc(Cl)c(Cl)c1. The second-order valence-corrected chi connectivity index (χ2v) is 5.58. The predicted octanol–water partition coefficient (Wildman–Crippen LogP) is 4.94. The standard InChI is InChI=1S/C13H9BrCl2FN/c14-9-3-8(4-10(17)6-9)13(18)7-1-2-11(15)12(16)5-7/h1-6,13H,18H2. The molecule has 18 heavy (non-hydrogen) atoms. The molecule has 94 valence electrons. The van der Waals surface area contributed by atoms with Crippen LogP contribution in [0.1, 0.15) is 17.2 Å². The highest BCUT2D eigenvalue weighted by atomic mass is 79.9. The largest absolute Gasteiger partial charge is 0.320 e. The third-order valence-electron chi connectivity index (χ3n) is 2.55. The summed E-state index contributed by atoms with van der Waals surface area (Å²) in [6.45, 7) is 0. The van der Waals surface area contributed by atoms with E-state index < -0.39 is 6.04 Å². The van der Waals surface area contributed by atoms with Gasteiger partial charge in [0.15, 0.2) is 0 Å². The van der Waals surface area contributed by atoms with Crippen LogP contribution in [0.4, 0.5) is 4.39 Å². The summed E-state index contributed by atoms with van der Waals surface area (Å²) in [7, 11) is 0. The Bertz CT molecular complexity index is 569. The van der Waals surface area contributed by atoms with Gasteiger partial charge in [-0.1, -0.05) is 45.2 Å². The van der Waals surface area contributed by atoms with Crippen LogP contribution in [0, 0.1) is 5.82 Å². The number of halogens is 4. The fourth-order valence-electron chi connectivity index (χ4n) is 1.65. The summed E-state index contributed by atoms with van der Waals surface area (Å²) in [6.07, 6.45) is 0. The maximum atomic E-state index is 13.3. The van der Waals surface area contributed by atoms with Crippen LogP contribution < -0.4 is 5.73 Å². The molecule has 5 heteroatoms. The van der Waals surface area contributed by atoms with E-state index >= 15 is 0 Å². The van der Waals surface area contributed by atoms with Crippen LogP contribution in [0.25, 0.3) is 0 Å². The number of hydrogen-bond acceptors (Lipinski definition) is 1. The molecule has 0 fully saturated rings. The van der Waals surface area contributed by atoms with E-state index in [0.29, 0.717) is 20.1 Å². The summed E-state index contributed by atoms with van der Waals surface area (Å²) >= 11 is 15.0. The zero-order valence-electron chi connectivity index (χ0n) is 9.13. The Balaban J connectivity index is 2.40. The fourth-order valence-corrected chi connectivity index (χ4v) is 2.44. The van der Waals surface area contributed by atoms with E-state index in [0.717, 1.165) is 5.56 Å². The van der Waals surface area contributed by atoms with Crippen molar-refractivity contribution >= 4 is 39.1 Å². The van der Waals surface area contributed by atoms with Gasteiger partial charge in [-0.3, -0.25) is 0 Å². The zero-order valence-corrected chi connectivity index (χ0v) is 12.2. The molecule has 0 heterocycles. The minimum Gasteiger partial charge on any atom is -0.320 e. The van der Waals surface area contributed by atoms with Crippen molar-refractivity contribution in [3.8, 4) is 0 Å². The van der Waals surface area contributed by atoms with Crippen molar-refractivity contribution in [2.75, 3.05) is 0 Å². The Hall–Kier alpha value is -0.610. The average Bonchev–Trinajstić information content (AvgIpc) is 2.30. The molecule has 0 spiro atoms. The van der Waals surface area contributed by atoms with Gasteiger partial charge in [-0.05, 0) is 41.5 Å². The molecule has 2 aromatic carbocycles. The zero-order chi connectivity index (χ0) is 13.3. The van der Waals surface area contributed by atoms with Gasteiger partial charge >= 0.3 is 0 Å². The van der Waals surface area contributed by atoms with Crippen molar-refractivity contribution in [3.05, 3.63) is 67.9 Å². The van der Waals surface area contributed by atoms with Crippen LogP contribution in [0.15, 0.2) is 40.9 Å². The molecule has 2 rings (SSSR count). The third kappa shape index (κ3) is 3.04. The molecule has 0 amide bonds. The molecular formula is C13H9BrCl2FN. The number of rotatable bonds is 2. The predicted molar refractivity (Wildman–Crippen MR) is 76.6 cm³/mol. The Morgan fingerprint density at radius 1 is 1.00 bits per heavy atom. The fraction of sp³-hybridized carbons (Fsp3) is 0.0769. The van der Waals surface area contributed by atoms with Crippen molar-refractivity contribution in [2.24, 2.45) is 5.73 Å². The van der Waals surface area contributed by atoms with Crippen LogP contribution >= 0.6 is 39.1 Å². The highest BCUT2D eigenvalue weighted by molar-refractivity contribution is 9.10. The molecule has 0 radical (unpaired) electrons. The summed E-state index contributed by atoms with van der Waals surface area (Å²) < 4.78 is 14.0. The summed E-state index contributed by atoms with van der Waals surface area (Å²) in [5.41, 5.74) is 7.53. The van der Waals surface area contributed by atoms with E-state index in [4.69, 9.17) is 28.9 Å². The van der Waals surface area contributed by atoms with Crippen molar-refractivity contribution in [1.82, 2.24) is 0 Å². The van der Waals surface area contributed by atoms with Gasteiger partial charge in [0.05, 0.1) is 16.1 Å². The molecule has 0 bridgehead atoms. The summed E-state index contributed by atoms with van der Waals surface area (Å²) in [5, 5.41) is 0.896. The topological polar surface area (TPSA) is 26.0 Å². The first-order valence-electron chi connectivity index (χ1n) is 5.14. The van der Waals surface area contributed by atoms with Gasteiger partial charge in [0.2, 0.25) is 0 Å². The molecular weight excluding hydrogens is 340 g/mol. The number of benzene rings is 2. The Morgan fingerprint density at radius 2 is 1.72 bits per heavy atom. The normalized spacial score (nSPS) is 12.5. The van der Waals surface area contributed by atoms with Crippen LogP contribution in [0.3, 0.4) is 0 Å². The van der Waals surface area contributed by atoms with Crippen molar-refractivity contribution < 1.29 is 4.39 Å². The van der Waals surface area contributed by atoms with Gasteiger partial charge in [-0.25, -0.2) is 4.39 Å². The lowest BCUT2D eigenvalue weighted by atomic mass is 10.00. The molecule has 0 aliphatic heterocycles. The average molecular weight is 349 g/mol. The van der Waals surface area contributed by atoms with Crippen LogP contribution in [0.5, 0.6) is 0 Å². The maximum absolute atomic E-state index is 13.3. The summed E-state index contributed by atoms with van der Waals surface area (Å²) in [4.78, 5) is 0. The molecule has 0 aliphatic rings. The van der Waals surface area contributed by atoms with E-state index in [1.54, 1.807) is 24.3 Å². The molecule has 0 aliphatic carbocycles. The molecule has 0 aromatic heterocycles. The lowest BCUT2D eigenvalue weighted by molar-refractivity contribution is 0.622. The Labute approximate surface area is 123 Å². The van der Waals surface area contributed by atoms with Crippen molar-refractivity contribution in [1.29, 1.82) is 0 Å². The van der Waals surface area contributed by atoms with E-state index in [1.807, 2.05) is 0 Å². The second-order valence-electron chi connectivity index (χ2n) is 3.85. The smallest absolute Gasteiger partial charge is 0.124 e. The molecule has 1 atom stereocenters. The van der Waals surface area contributed by atoms with Crippen molar-refractivity contribution in [3.63, 3.8) is 0 Å². The molecule has 2 N–H and O–H groups in total. The molecule has 1 unspecified atom stereocenters. The van der Waals surface area contributed by atoms with E-state index in [2.05, 4.69) is 15.9 Å². The van der Waals surface area contributed by atoms with Gasteiger partial charge in [0.1, 0.15) is 5.82 Å². The van der Waals surface area contributed by atoms with Crippen LogP contribution in [-0.4, -0.2) is 0 Å². The van der Waals surface area contributed by atoms with E-state index in [9.17, 15) is 4.39 Å². The molecule has 0 saturated carbocycles. The van der Waals surface area contributed by atoms with Gasteiger partial charge in [0.25, 0.3) is 0 Å². The lowest BCUT2D eigenvalue weighted by Gasteiger charge is -2.14. The van der Waals surface area contributed by atoms with Gasteiger partial charge < -0.3 is 5.73 Å². The quantitative estimate of drug-likeness (QED) is 0.816. The monoisotopic (exact) mass is 347 g/mol. The highest BCUT2D eigenvalue weighted by Gasteiger charge is 2.12. The van der Waals surface area contributed by atoms with Gasteiger partial charge in [-0.2, -0.15) is 0 Å². The first kappa shape index (κ1) is 13.8. The summed E-state index contributed by atoms with van der Waals surface area (Å²) in [5.74, 6) is -0.338. The van der Waals surface area contributed by atoms with Gasteiger partial charge in [0, 0.05) is 4.47 Å². The van der Waals surface area contributed by atoms with E-state index in [1.165, 1.54) is 12.1 Å². The first-order chi connectivity index (χ1) is 8.47. The minimum absolute atomic E-state index is 0.338. The van der Waals surface area contributed by atoms with Crippen LogP contribution in [-0.2, 0) is 0 Å². The molecule has 1 nitrogen and oxygen atoms in total. The Kier molecular flexibility index (Phi) is 4.28.